The van der Waals surface area contributed by atoms with Crippen molar-refractivity contribution in [1.29, 1.82) is 0 Å². The largest absolute Gasteiger partial charge is 0.236 e. The molecule has 0 amide bonds. The fraction of sp³-hybridized carbons (Fsp3) is 0.167. The molecule has 0 fully saturated rings. The van der Waals surface area contributed by atoms with Crippen molar-refractivity contribution >= 4 is 28.3 Å². The van der Waals surface area contributed by atoms with Crippen LogP contribution in [0.2, 0.25) is 5.15 Å². The van der Waals surface area contributed by atoms with Gasteiger partial charge in [-0.05, 0) is 18.1 Å². The zero-order valence-electron chi connectivity index (χ0n) is 13.2. The van der Waals surface area contributed by atoms with Crippen LogP contribution in [0.4, 0.5) is 4.39 Å². The molecule has 3 aromatic heterocycles. The van der Waals surface area contributed by atoms with E-state index < -0.39 is 0 Å². The summed E-state index contributed by atoms with van der Waals surface area (Å²) in [7, 11) is 0. The van der Waals surface area contributed by atoms with Crippen molar-refractivity contribution in [3.63, 3.8) is 0 Å². The van der Waals surface area contributed by atoms with Crippen LogP contribution < -0.4 is 0 Å². The molecular formula is C18H14ClFN4. The molecule has 4 rings (SSSR count). The van der Waals surface area contributed by atoms with Crippen molar-refractivity contribution in [3.05, 3.63) is 59.3 Å². The van der Waals surface area contributed by atoms with Gasteiger partial charge in [-0.25, -0.2) is 14.4 Å². The second-order valence-corrected chi connectivity index (χ2v) is 6.33. The van der Waals surface area contributed by atoms with Crippen molar-refractivity contribution in [2.45, 2.75) is 19.8 Å². The van der Waals surface area contributed by atoms with Gasteiger partial charge >= 0.3 is 0 Å². The number of aromatic nitrogens is 4. The van der Waals surface area contributed by atoms with E-state index in [1.54, 1.807) is 35.0 Å². The summed E-state index contributed by atoms with van der Waals surface area (Å²) in [6.45, 7) is 4.14. The molecule has 0 aliphatic heterocycles. The Morgan fingerprint density at radius 3 is 2.67 bits per heavy atom. The van der Waals surface area contributed by atoms with Crippen molar-refractivity contribution in [2.24, 2.45) is 0 Å². The Balaban J connectivity index is 1.99. The summed E-state index contributed by atoms with van der Waals surface area (Å²) in [6, 6.07) is 10.2. The van der Waals surface area contributed by atoms with E-state index in [-0.39, 0.29) is 16.9 Å². The first-order chi connectivity index (χ1) is 11.5. The first-order valence-corrected chi connectivity index (χ1v) is 8.02. The molecule has 1 aromatic carbocycles. The topological polar surface area (TPSA) is 43.1 Å². The molecule has 4 aromatic rings. The highest BCUT2D eigenvalue weighted by Gasteiger charge is 2.15. The molecule has 0 aliphatic carbocycles. The molecule has 0 saturated carbocycles. The fourth-order valence-corrected chi connectivity index (χ4v) is 2.92. The average Bonchev–Trinajstić information content (AvgIpc) is 3.00. The van der Waals surface area contributed by atoms with Gasteiger partial charge in [0.1, 0.15) is 11.0 Å². The Morgan fingerprint density at radius 2 is 1.92 bits per heavy atom. The molecule has 0 N–H and O–H groups in total. The van der Waals surface area contributed by atoms with E-state index in [0.29, 0.717) is 22.4 Å². The van der Waals surface area contributed by atoms with Crippen LogP contribution in [-0.4, -0.2) is 19.6 Å². The van der Waals surface area contributed by atoms with Gasteiger partial charge in [-0.1, -0.05) is 43.6 Å². The molecule has 3 heterocycles. The molecule has 24 heavy (non-hydrogen) atoms. The van der Waals surface area contributed by atoms with E-state index in [0.717, 1.165) is 11.1 Å². The average molecular weight is 341 g/mol. The second-order valence-electron chi connectivity index (χ2n) is 5.97. The van der Waals surface area contributed by atoms with Crippen LogP contribution >= 0.6 is 11.6 Å². The minimum Gasteiger partial charge on any atom is -0.236 e. The van der Waals surface area contributed by atoms with Crippen molar-refractivity contribution in [2.75, 3.05) is 0 Å². The van der Waals surface area contributed by atoms with Gasteiger partial charge in [0.25, 0.3) is 0 Å². The number of nitrogens with zero attached hydrogens (tertiary/aromatic N) is 4. The third-order valence-corrected chi connectivity index (χ3v) is 4.27. The van der Waals surface area contributed by atoms with E-state index in [1.807, 2.05) is 6.07 Å². The molecule has 0 radical (unpaired) electrons. The van der Waals surface area contributed by atoms with Gasteiger partial charge in [-0.2, -0.15) is 9.61 Å². The summed E-state index contributed by atoms with van der Waals surface area (Å²) in [5, 5.41) is 5.55. The molecule has 0 aliphatic rings. The van der Waals surface area contributed by atoms with E-state index in [2.05, 4.69) is 28.9 Å². The number of pyridine rings is 1. The summed E-state index contributed by atoms with van der Waals surface area (Å²) in [5.41, 5.74) is 3.22. The highest BCUT2D eigenvalue weighted by molar-refractivity contribution is 6.32. The summed E-state index contributed by atoms with van der Waals surface area (Å²) >= 11 is 6.34. The molecule has 4 nitrogen and oxygen atoms in total. The lowest BCUT2D eigenvalue weighted by atomic mass is 10.1. The van der Waals surface area contributed by atoms with E-state index in [9.17, 15) is 4.39 Å². The molecule has 0 unspecified atom stereocenters. The minimum absolute atomic E-state index is 0.238. The van der Waals surface area contributed by atoms with Crippen LogP contribution in [0.3, 0.4) is 0 Å². The molecule has 120 valence electrons. The van der Waals surface area contributed by atoms with Crippen LogP contribution in [-0.2, 0) is 0 Å². The zero-order valence-corrected chi connectivity index (χ0v) is 13.9. The maximum atomic E-state index is 14.1. The number of halogens is 2. The van der Waals surface area contributed by atoms with Gasteiger partial charge in [0, 0.05) is 28.8 Å². The lowest BCUT2D eigenvalue weighted by Crippen LogP contribution is -1.98. The smallest absolute Gasteiger partial charge is 0.166 e. The van der Waals surface area contributed by atoms with Gasteiger partial charge in [0.2, 0.25) is 0 Å². The molecule has 0 atom stereocenters. The van der Waals surface area contributed by atoms with E-state index in [4.69, 9.17) is 11.6 Å². The SMILES string of the molecule is CC(C)c1cc2ncc3cc(-c4ccccc4F)c(Cl)nc3n2n1. The Hall–Kier alpha value is -2.53. The lowest BCUT2D eigenvalue weighted by Gasteiger charge is -2.08. The third kappa shape index (κ3) is 2.32. The standard InChI is InChI=1S/C18H14ClFN4/c1-10(2)15-8-16-21-9-11-7-13(12-5-3-4-6-14(12)20)17(19)22-18(11)24(16)23-15/h3-10H,1-2H3. The number of rotatable bonds is 2. The first-order valence-electron chi connectivity index (χ1n) is 7.64. The highest BCUT2D eigenvalue weighted by Crippen LogP contribution is 2.31. The normalized spacial score (nSPS) is 11.7. The summed E-state index contributed by atoms with van der Waals surface area (Å²) in [6.07, 6.45) is 1.71. The van der Waals surface area contributed by atoms with E-state index >= 15 is 0 Å². The van der Waals surface area contributed by atoms with Gasteiger partial charge in [-0.3, -0.25) is 0 Å². The van der Waals surface area contributed by atoms with Crippen molar-refractivity contribution in [1.82, 2.24) is 19.6 Å². The predicted molar refractivity (Wildman–Crippen MR) is 92.8 cm³/mol. The number of benzene rings is 1. The Labute approximate surface area is 142 Å². The summed E-state index contributed by atoms with van der Waals surface area (Å²) < 4.78 is 15.8. The molecule has 0 saturated heterocycles. The van der Waals surface area contributed by atoms with E-state index in [1.165, 1.54) is 6.07 Å². The Bertz CT molecular complexity index is 1070. The molecule has 0 bridgehead atoms. The quantitative estimate of drug-likeness (QED) is 0.489. The second kappa shape index (κ2) is 5.53. The molecule has 6 heteroatoms. The number of fused-ring (bicyclic) bond motifs is 3. The Morgan fingerprint density at radius 1 is 1.12 bits per heavy atom. The third-order valence-electron chi connectivity index (χ3n) is 3.99. The van der Waals surface area contributed by atoms with Crippen LogP contribution in [0.1, 0.15) is 25.5 Å². The molecule has 0 spiro atoms. The van der Waals surface area contributed by atoms with Gasteiger partial charge in [0.05, 0.1) is 5.69 Å². The summed E-state index contributed by atoms with van der Waals surface area (Å²) in [5.74, 6) is -0.0503. The highest BCUT2D eigenvalue weighted by atomic mass is 35.5. The molecular weight excluding hydrogens is 327 g/mol. The first kappa shape index (κ1) is 15.0. The van der Waals surface area contributed by atoms with Crippen molar-refractivity contribution in [3.8, 4) is 11.1 Å². The summed E-state index contributed by atoms with van der Waals surface area (Å²) in [4.78, 5) is 8.88. The zero-order chi connectivity index (χ0) is 16.8. The number of hydrogen-bond donors (Lipinski definition) is 0. The maximum Gasteiger partial charge on any atom is 0.166 e. The van der Waals surface area contributed by atoms with Crippen LogP contribution in [0.5, 0.6) is 0 Å². The van der Waals surface area contributed by atoms with Gasteiger partial charge in [-0.15, -0.1) is 0 Å². The fourth-order valence-electron chi connectivity index (χ4n) is 2.69. The van der Waals surface area contributed by atoms with Crippen LogP contribution in [0.15, 0.2) is 42.6 Å². The number of hydrogen-bond acceptors (Lipinski definition) is 3. The van der Waals surface area contributed by atoms with Crippen LogP contribution in [0.25, 0.3) is 27.8 Å². The predicted octanol–water partition coefficient (Wildman–Crippen LogP) is 4.86. The maximum absolute atomic E-state index is 14.1. The lowest BCUT2D eigenvalue weighted by molar-refractivity contribution is 0.631. The minimum atomic E-state index is -0.337. The van der Waals surface area contributed by atoms with Crippen molar-refractivity contribution < 1.29 is 4.39 Å². The van der Waals surface area contributed by atoms with Gasteiger partial charge < -0.3 is 0 Å². The monoisotopic (exact) mass is 340 g/mol. The Kier molecular flexibility index (Phi) is 3.46. The van der Waals surface area contributed by atoms with Crippen LogP contribution in [0, 0.1) is 5.82 Å². The van der Waals surface area contributed by atoms with Gasteiger partial charge in [0.15, 0.2) is 11.3 Å².